The lowest BCUT2D eigenvalue weighted by Gasteiger charge is -2.26. The first kappa shape index (κ1) is 22.4. The van der Waals surface area contributed by atoms with Crippen LogP contribution in [0.2, 0.25) is 0 Å². The first-order chi connectivity index (χ1) is 20.4. The van der Waals surface area contributed by atoms with Crippen LogP contribution in [0, 0.1) is 0 Å². The maximum Gasteiger partial charge on any atom is 0.0786 e. The second-order valence-corrected chi connectivity index (χ2v) is 10.7. The van der Waals surface area contributed by atoms with Crippen molar-refractivity contribution in [2.24, 2.45) is 0 Å². The van der Waals surface area contributed by atoms with E-state index in [1.165, 1.54) is 72.0 Å². The zero-order valence-corrected chi connectivity index (χ0v) is 22.3. The van der Waals surface area contributed by atoms with Crippen LogP contribution in [0.1, 0.15) is 0 Å². The molecule has 0 saturated carbocycles. The largest absolute Gasteiger partial charge is 0.309 e. The molecule has 8 aromatic rings. The molecule has 1 aliphatic carbocycles. The van der Waals surface area contributed by atoms with Crippen LogP contribution in [0.5, 0.6) is 0 Å². The summed E-state index contributed by atoms with van der Waals surface area (Å²) >= 11 is 0. The summed E-state index contributed by atoms with van der Waals surface area (Å²) in [5.41, 5.74) is 14.4. The Balaban J connectivity index is 1.53. The third-order valence-corrected chi connectivity index (χ3v) is 8.61. The van der Waals surface area contributed by atoms with Gasteiger partial charge in [0.25, 0.3) is 0 Å². The van der Waals surface area contributed by atoms with E-state index in [2.05, 4.69) is 138 Å². The van der Waals surface area contributed by atoms with Gasteiger partial charge in [-0.15, -0.1) is 0 Å². The lowest BCUT2D eigenvalue weighted by Crippen LogP contribution is -2.03. The zero-order chi connectivity index (χ0) is 26.9. The van der Waals surface area contributed by atoms with Crippen molar-refractivity contribution in [2.45, 2.75) is 0 Å². The Hall–Kier alpha value is -5.47. The van der Waals surface area contributed by atoms with Gasteiger partial charge in [-0.05, 0) is 57.6 Å². The fourth-order valence-corrected chi connectivity index (χ4v) is 6.93. The van der Waals surface area contributed by atoms with Crippen LogP contribution in [0.4, 0.5) is 0 Å². The first-order valence-corrected chi connectivity index (χ1v) is 14.1. The standard InChI is InChI=1S/C39H24N2/c1-2-14-28-26(12-1)27-13-3-4-17-31(27)37-33(38-32(28)23-22-25-11-10-24-40-39(25)38)18-9-21-36(37)41-34-19-7-5-15-29(34)30-16-6-8-20-35(30)41/h1-24H. The quantitative estimate of drug-likeness (QED) is 0.210. The molecule has 1 aliphatic rings. The number of rotatable bonds is 1. The fraction of sp³-hybridized carbons (Fsp3) is 0. The van der Waals surface area contributed by atoms with Crippen LogP contribution in [0.25, 0.3) is 82.9 Å². The summed E-state index contributed by atoms with van der Waals surface area (Å²) in [7, 11) is 0. The van der Waals surface area contributed by atoms with E-state index in [1.807, 2.05) is 12.3 Å². The number of aromatic nitrogens is 2. The van der Waals surface area contributed by atoms with Gasteiger partial charge in [0.05, 0.1) is 22.2 Å². The number of benzene rings is 6. The Morgan fingerprint density at radius 1 is 0.390 bits per heavy atom. The van der Waals surface area contributed by atoms with Gasteiger partial charge in [-0.1, -0.05) is 115 Å². The van der Waals surface area contributed by atoms with Crippen LogP contribution < -0.4 is 0 Å². The minimum Gasteiger partial charge on any atom is -0.309 e. The van der Waals surface area contributed by atoms with E-state index in [1.54, 1.807) is 0 Å². The van der Waals surface area contributed by atoms with Gasteiger partial charge in [0, 0.05) is 33.5 Å². The lowest BCUT2D eigenvalue weighted by molar-refractivity contribution is 1.18. The van der Waals surface area contributed by atoms with Gasteiger partial charge in [-0.3, -0.25) is 4.98 Å². The van der Waals surface area contributed by atoms with Crippen molar-refractivity contribution in [3.8, 4) is 50.2 Å². The van der Waals surface area contributed by atoms with Crippen molar-refractivity contribution in [3.63, 3.8) is 0 Å². The molecule has 9 rings (SSSR count). The molecule has 0 aliphatic heterocycles. The van der Waals surface area contributed by atoms with Crippen molar-refractivity contribution in [2.75, 3.05) is 0 Å². The summed E-state index contributed by atoms with van der Waals surface area (Å²) in [5.74, 6) is 0. The summed E-state index contributed by atoms with van der Waals surface area (Å²) in [6, 6.07) is 50.6. The summed E-state index contributed by atoms with van der Waals surface area (Å²) in [4.78, 5) is 4.98. The number of pyridine rings is 1. The molecule has 2 aromatic heterocycles. The number of hydrogen-bond donors (Lipinski definition) is 0. The van der Waals surface area contributed by atoms with Gasteiger partial charge >= 0.3 is 0 Å². The van der Waals surface area contributed by atoms with Crippen LogP contribution in [-0.4, -0.2) is 9.55 Å². The Kier molecular flexibility index (Phi) is 4.64. The smallest absolute Gasteiger partial charge is 0.0786 e. The van der Waals surface area contributed by atoms with Gasteiger partial charge in [-0.2, -0.15) is 0 Å². The van der Waals surface area contributed by atoms with E-state index in [0.717, 1.165) is 10.9 Å². The molecule has 190 valence electrons. The normalized spacial score (nSPS) is 11.9. The molecule has 0 atom stereocenters. The summed E-state index contributed by atoms with van der Waals surface area (Å²) in [6.07, 6.45) is 1.91. The zero-order valence-electron chi connectivity index (χ0n) is 22.3. The van der Waals surface area contributed by atoms with E-state index in [4.69, 9.17) is 4.98 Å². The van der Waals surface area contributed by atoms with Crippen LogP contribution in [-0.2, 0) is 0 Å². The molecule has 6 aromatic carbocycles. The van der Waals surface area contributed by atoms with Gasteiger partial charge in [0.15, 0.2) is 0 Å². The average molecular weight is 521 g/mol. The highest BCUT2D eigenvalue weighted by atomic mass is 15.0. The second kappa shape index (κ2) is 8.51. The van der Waals surface area contributed by atoms with E-state index in [9.17, 15) is 0 Å². The van der Waals surface area contributed by atoms with E-state index in [-0.39, 0.29) is 0 Å². The summed E-state index contributed by atoms with van der Waals surface area (Å²) < 4.78 is 2.45. The van der Waals surface area contributed by atoms with Gasteiger partial charge in [0.1, 0.15) is 0 Å². The van der Waals surface area contributed by atoms with Gasteiger partial charge in [-0.25, -0.2) is 0 Å². The number of para-hydroxylation sites is 2. The SMILES string of the molecule is c1ccc2c(c1)-c1ccccc1-c1c(cccc1-n1c3ccccc3c3ccccc31)-c1c-2ccc2cccnc12. The first-order valence-electron chi connectivity index (χ1n) is 14.1. The van der Waals surface area contributed by atoms with Crippen LogP contribution >= 0.6 is 0 Å². The number of hydrogen-bond acceptors (Lipinski definition) is 1. The highest BCUT2D eigenvalue weighted by molar-refractivity contribution is 6.14. The van der Waals surface area contributed by atoms with Crippen LogP contribution in [0.3, 0.4) is 0 Å². The number of nitrogens with zero attached hydrogens (tertiary/aromatic N) is 2. The van der Waals surface area contributed by atoms with E-state index in [0.29, 0.717) is 0 Å². The molecule has 2 heteroatoms. The Bertz CT molecular complexity index is 2270. The maximum atomic E-state index is 4.98. The summed E-state index contributed by atoms with van der Waals surface area (Å²) in [6.45, 7) is 0. The maximum absolute atomic E-state index is 4.98. The van der Waals surface area contributed by atoms with Gasteiger partial charge in [0.2, 0.25) is 0 Å². The number of fused-ring (bicyclic) bond motifs is 13. The van der Waals surface area contributed by atoms with Crippen LogP contribution in [0.15, 0.2) is 146 Å². The monoisotopic (exact) mass is 520 g/mol. The molecule has 0 N–H and O–H groups in total. The molecule has 0 bridgehead atoms. The molecule has 2 heterocycles. The molecule has 0 spiro atoms. The van der Waals surface area contributed by atoms with E-state index >= 15 is 0 Å². The average Bonchev–Trinajstić information content (AvgIpc) is 3.37. The molecular formula is C39H24N2. The van der Waals surface area contributed by atoms with E-state index < -0.39 is 0 Å². The van der Waals surface area contributed by atoms with Crippen molar-refractivity contribution < 1.29 is 0 Å². The predicted molar refractivity (Wildman–Crippen MR) is 171 cm³/mol. The second-order valence-electron chi connectivity index (χ2n) is 10.7. The third-order valence-electron chi connectivity index (χ3n) is 8.61. The van der Waals surface area contributed by atoms with Crippen molar-refractivity contribution in [1.82, 2.24) is 9.55 Å². The molecule has 0 unspecified atom stereocenters. The Labute approximate surface area is 237 Å². The minimum absolute atomic E-state index is 1.03. The third kappa shape index (κ3) is 3.10. The molecule has 0 radical (unpaired) electrons. The van der Waals surface area contributed by atoms with Crippen molar-refractivity contribution >= 4 is 32.7 Å². The molecule has 41 heavy (non-hydrogen) atoms. The Morgan fingerprint density at radius 3 is 1.71 bits per heavy atom. The lowest BCUT2D eigenvalue weighted by atomic mass is 9.79. The molecular weight excluding hydrogens is 496 g/mol. The van der Waals surface area contributed by atoms with Crippen molar-refractivity contribution in [3.05, 3.63) is 146 Å². The molecule has 2 nitrogen and oxygen atoms in total. The molecule has 0 amide bonds. The molecule has 0 saturated heterocycles. The minimum atomic E-state index is 1.03. The molecule has 0 fully saturated rings. The van der Waals surface area contributed by atoms with Crippen molar-refractivity contribution in [1.29, 1.82) is 0 Å². The highest BCUT2D eigenvalue weighted by Gasteiger charge is 2.26. The Morgan fingerprint density at radius 2 is 0.976 bits per heavy atom. The summed E-state index contributed by atoms with van der Waals surface area (Å²) in [5, 5.41) is 3.67. The highest BCUT2D eigenvalue weighted by Crippen LogP contribution is 2.51. The van der Waals surface area contributed by atoms with Gasteiger partial charge < -0.3 is 4.57 Å². The predicted octanol–water partition coefficient (Wildman–Crippen LogP) is 10.3. The fourth-order valence-electron chi connectivity index (χ4n) is 6.93. The topological polar surface area (TPSA) is 17.8 Å².